The number of unbranched alkanes of at least 4 members (excludes halogenated alkanes) is 1. The van der Waals surface area contributed by atoms with E-state index in [2.05, 4.69) is 51.4 Å². The lowest BCUT2D eigenvalue weighted by Crippen LogP contribution is -2.27. The Bertz CT molecular complexity index is 384. The molecule has 0 amide bonds. The van der Waals surface area contributed by atoms with Gasteiger partial charge in [0.25, 0.3) is 0 Å². The second-order valence-electron chi connectivity index (χ2n) is 4.71. The van der Waals surface area contributed by atoms with E-state index in [4.69, 9.17) is 11.6 Å². The van der Waals surface area contributed by atoms with Gasteiger partial charge in [-0.15, -0.1) is 0 Å². The molecule has 0 unspecified atom stereocenters. The topological polar surface area (TPSA) is 66.0 Å². The lowest BCUT2D eigenvalue weighted by atomic mass is 10.2. The number of anilines is 2. The van der Waals surface area contributed by atoms with Gasteiger partial charge in [0.05, 0.1) is 0 Å². The van der Waals surface area contributed by atoms with Gasteiger partial charge in [-0.05, 0) is 51.9 Å². The van der Waals surface area contributed by atoms with Gasteiger partial charge in [0.1, 0.15) is 0 Å². The van der Waals surface area contributed by atoms with Gasteiger partial charge in [-0.25, -0.2) is 0 Å². The SMILES string of the molecule is CNc1nc(Cl)nc(NCCCCN(C)C(C)C)n1. The first kappa shape index (κ1) is 15.9. The molecule has 0 saturated heterocycles. The van der Waals surface area contributed by atoms with Gasteiger partial charge in [-0.2, -0.15) is 15.0 Å². The van der Waals surface area contributed by atoms with Crippen molar-refractivity contribution in [1.82, 2.24) is 19.9 Å². The molecule has 0 aliphatic heterocycles. The highest BCUT2D eigenvalue weighted by atomic mass is 35.5. The second-order valence-corrected chi connectivity index (χ2v) is 5.05. The number of hydrogen-bond donors (Lipinski definition) is 2. The monoisotopic (exact) mass is 286 g/mol. The minimum absolute atomic E-state index is 0.196. The van der Waals surface area contributed by atoms with Gasteiger partial charge < -0.3 is 15.5 Å². The van der Waals surface area contributed by atoms with Crippen LogP contribution in [0.15, 0.2) is 0 Å². The summed E-state index contributed by atoms with van der Waals surface area (Å²) in [7, 11) is 3.89. The Morgan fingerprint density at radius 1 is 1.16 bits per heavy atom. The van der Waals surface area contributed by atoms with Crippen LogP contribution in [0.5, 0.6) is 0 Å². The molecule has 0 bridgehead atoms. The Morgan fingerprint density at radius 3 is 2.47 bits per heavy atom. The summed E-state index contributed by atoms with van der Waals surface area (Å²) in [5, 5.41) is 6.20. The van der Waals surface area contributed by atoms with Gasteiger partial charge >= 0.3 is 0 Å². The average Bonchev–Trinajstić information content (AvgIpc) is 2.37. The van der Waals surface area contributed by atoms with Gasteiger partial charge in [-0.1, -0.05) is 0 Å². The zero-order chi connectivity index (χ0) is 14.3. The second kappa shape index (κ2) is 8.12. The first-order valence-corrected chi connectivity index (χ1v) is 6.94. The van der Waals surface area contributed by atoms with Crippen LogP contribution in [0.3, 0.4) is 0 Å². The minimum atomic E-state index is 0.196. The van der Waals surface area contributed by atoms with Crippen LogP contribution in [0.2, 0.25) is 5.28 Å². The summed E-state index contributed by atoms with van der Waals surface area (Å²) in [6.07, 6.45) is 2.20. The molecule has 1 rings (SSSR count). The Balaban J connectivity index is 2.28. The Kier molecular flexibility index (Phi) is 6.80. The lowest BCUT2D eigenvalue weighted by molar-refractivity contribution is 0.269. The summed E-state index contributed by atoms with van der Waals surface area (Å²) in [5.41, 5.74) is 0. The molecule has 6 nitrogen and oxygen atoms in total. The summed E-state index contributed by atoms with van der Waals surface area (Å²) in [4.78, 5) is 14.5. The fourth-order valence-corrected chi connectivity index (χ4v) is 1.65. The van der Waals surface area contributed by atoms with Crippen molar-refractivity contribution in [1.29, 1.82) is 0 Å². The normalized spacial score (nSPS) is 11.1. The van der Waals surface area contributed by atoms with Crippen LogP contribution in [-0.2, 0) is 0 Å². The summed E-state index contributed by atoms with van der Waals surface area (Å²) in [6.45, 7) is 6.32. The van der Waals surface area contributed by atoms with Crippen molar-refractivity contribution in [2.24, 2.45) is 0 Å². The zero-order valence-corrected chi connectivity index (χ0v) is 12.8. The van der Waals surface area contributed by atoms with E-state index in [1.54, 1.807) is 7.05 Å². The molecule has 1 aromatic rings. The molecule has 19 heavy (non-hydrogen) atoms. The third kappa shape index (κ3) is 6.02. The zero-order valence-electron chi connectivity index (χ0n) is 12.1. The van der Waals surface area contributed by atoms with E-state index in [1.165, 1.54) is 0 Å². The smallest absolute Gasteiger partial charge is 0.228 e. The van der Waals surface area contributed by atoms with E-state index in [0.29, 0.717) is 17.9 Å². The third-order valence-corrected chi connectivity index (χ3v) is 3.10. The molecule has 0 aliphatic carbocycles. The van der Waals surface area contributed by atoms with E-state index in [9.17, 15) is 0 Å². The first-order chi connectivity index (χ1) is 9.02. The Hall–Kier alpha value is -1.14. The molecule has 0 spiro atoms. The van der Waals surface area contributed by atoms with Crippen molar-refractivity contribution in [3.63, 3.8) is 0 Å². The molecule has 0 aromatic carbocycles. The Labute approximate surface area is 120 Å². The fraction of sp³-hybridized carbons (Fsp3) is 0.750. The predicted molar refractivity (Wildman–Crippen MR) is 79.9 cm³/mol. The van der Waals surface area contributed by atoms with Crippen LogP contribution < -0.4 is 10.6 Å². The quantitative estimate of drug-likeness (QED) is 0.714. The van der Waals surface area contributed by atoms with Crippen molar-refractivity contribution < 1.29 is 0 Å². The van der Waals surface area contributed by atoms with Crippen LogP contribution in [0.4, 0.5) is 11.9 Å². The highest BCUT2D eigenvalue weighted by Crippen LogP contribution is 2.09. The molecule has 2 N–H and O–H groups in total. The lowest BCUT2D eigenvalue weighted by Gasteiger charge is -2.20. The highest BCUT2D eigenvalue weighted by Gasteiger charge is 2.04. The van der Waals surface area contributed by atoms with E-state index in [-0.39, 0.29) is 5.28 Å². The third-order valence-electron chi connectivity index (χ3n) is 2.93. The summed E-state index contributed by atoms with van der Waals surface area (Å²) in [5.74, 6) is 0.989. The van der Waals surface area contributed by atoms with Crippen molar-refractivity contribution in [3.05, 3.63) is 5.28 Å². The van der Waals surface area contributed by atoms with Crippen molar-refractivity contribution in [2.45, 2.75) is 32.7 Å². The summed E-state index contributed by atoms with van der Waals surface area (Å²) >= 11 is 5.80. The molecule has 1 heterocycles. The average molecular weight is 287 g/mol. The number of hydrogen-bond acceptors (Lipinski definition) is 6. The molecule has 0 aliphatic rings. The van der Waals surface area contributed by atoms with Crippen LogP contribution in [0.25, 0.3) is 0 Å². The van der Waals surface area contributed by atoms with Gasteiger partial charge in [-0.3, -0.25) is 0 Å². The number of nitrogens with zero attached hydrogens (tertiary/aromatic N) is 4. The minimum Gasteiger partial charge on any atom is -0.357 e. The van der Waals surface area contributed by atoms with E-state index in [1.807, 2.05) is 0 Å². The van der Waals surface area contributed by atoms with E-state index < -0.39 is 0 Å². The number of halogens is 1. The molecule has 0 atom stereocenters. The van der Waals surface area contributed by atoms with Crippen LogP contribution >= 0.6 is 11.6 Å². The number of nitrogens with one attached hydrogen (secondary N) is 2. The predicted octanol–water partition coefficient (Wildman–Crippen LogP) is 2.10. The molecule has 0 fully saturated rings. The van der Waals surface area contributed by atoms with Crippen LogP contribution in [0.1, 0.15) is 26.7 Å². The van der Waals surface area contributed by atoms with Crippen LogP contribution in [-0.4, -0.2) is 53.1 Å². The fourth-order valence-electron chi connectivity index (χ4n) is 1.49. The van der Waals surface area contributed by atoms with Crippen molar-refractivity contribution >= 4 is 23.5 Å². The number of aromatic nitrogens is 3. The highest BCUT2D eigenvalue weighted by molar-refractivity contribution is 6.28. The summed E-state index contributed by atoms with van der Waals surface area (Å²) < 4.78 is 0. The van der Waals surface area contributed by atoms with E-state index >= 15 is 0 Å². The van der Waals surface area contributed by atoms with Crippen molar-refractivity contribution in [2.75, 3.05) is 37.8 Å². The molecule has 1 aromatic heterocycles. The molecule has 0 radical (unpaired) electrons. The standard InChI is InChI=1S/C12H23ClN6/c1-9(2)19(4)8-6-5-7-15-12-17-10(13)16-11(14-3)18-12/h9H,5-8H2,1-4H3,(H2,14,15,16,17,18). The molecule has 7 heteroatoms. The maximum absolute atomic E-state index is 5.80. The van der Waals surface area contributed by atoms with Gasteiger partial charge in [0.15, 0.2) is 0 Å². The first-order valence-electron chi connectivity index (χ1n) is 6.56. The molecule has 0 saturated carbocycles. The van der Waals surface area contributed by atoms with Crippen LogP contribution in [0, 0.1) is 0 Å². The number of rotatable bonds is 8. The van der Waals surface area contributed by atoms with Gasteiger partial charge in [0, 0.05) is 19.6 Å². The van der Waals surface area contributed by atoms with Crippen molar-refractivity contribution in [3.8, 4) is 0 Å². The van der Waals surface area contributed by atoms with E-state index in [0.717, 1.165) is 25.9 Å². The largest absolute Gasteiger partial charge is 0.357 e. The van der Waals surface area contributed by atoms with Gasteiger partial charge in [0.2, 0.25) is 17.2 Å². The Morgan fingerprint density at radius 2 is 1.84 bits per heavy atom. The molecule has 108 valence electrons. The summed E-state index contributed by atoms with van der Waals surface area (Å²) in [6, 6.07) is 0.591. The maximum Gasteiger partial charge on any atom is 0.228 e. The maximum atomic E-state index is 5.80. The molecular weight excluding hydrogens is 264 g/mol. The molecular formula is C12H23ClN6.